The summed E-state index contributed by atoms with van der Waals surface area (Å²) < 4.78 is 2.09. The highest BCUT2D eigenvalue weighted by atomic mass is 32.2. The quantitative estimate of drug-likeness (QED) is 0.543. The van der Waals surface area contributed by atoms with Crippen LogP contribution < -0.4 is 10.2 Å². The Hall–Kier alpha value is -2.32. The third-order valence-corrected chi connectivity index (χ3v) is 7.21. The summed E-state index contributed by atoms with van der Waals surface area (Å²) in [5.74, 6) is 1.17. The fourth-order valence-corrected chi connectivity index (χ4v) is 5.09. The number of rotatable bonds is 7. The van der Waals surface area contributed by atoms with Gasteiger partial charge in [-0.15, -0.1) is 21.5 Å². The lowest BCUT2D eigenvalue weighted by molar-refractivity contribution is -0.119. The number of thiophene rings is 1. The first kappa shape index (κ1) is 20.9. The van der Waals surface area contributed by atoms with Crippen LogP contribution in [0.3, 0.4) is 0 Å². The maximum absolute atomic E-state index is 12.5. The number of hydrogen-bond donors (Lipinski definition) is 1. The number of anilines is 1. The predicted molar refractivity (Wildman–Crippen MR) is 124 cm³/mol. The first-order chi connectivity index (χ1) is 14.6. The Balaban J connectivity index is 1.51. The van der Waals surface area contributed by atoms with Crippen LogP contribution in [0.5, 0.6) is 0 Å². The summed E-state index contributed by atoms with van der Waals surface area (Å²) in [5, 5.41) is 14.8. The van der Waals surface area contributed by atoms with Gasteiger partial charge in [-0.2, -0.15) is 0 Å². The van der Waals surface area contributed by atoms with E-state index in [9.17, 15) is 4.79 Å². The van der Waals surface area contributed by atoms with Crippen molar-refractivity contribution in [3.8, 4) is 5.69 Å². The van der Waals surface area contributed by atoms with Gasteiger partial charge in [0, 0.05) is 18.0 Å². The number of nitrogens with one attached hydrogen (secondary N) is 1. The van der Waals surface area contributed by atoms with Crippen LogP contribution in [0.4, 0.5) is 5.95 Å². The zero-order chi connectivity index (χ0) is 20.9. The lowest BCUT2D eigenvalue weighted by Gasteiger charge is -2.27. The SMILES string of the molecule is Cc1ccc(-n2c(SCC(=O)NC(C)c3cccs3)nnc2N2CCCCC2)cc1. The minimum atomic E-state index is -0.00104. The van der Waals surface area contributed by atoms with Crippen LogP contribution >= 0.6 is 23.1 Å². The summed E-state index contributed by atoms with van der Waals surface area (Å²) in [5.41, 5.74) is 2.24. The van der Waals surface area contributed by atoms with Crippen LogP contribution in [0, 0.1) is 6.92 Å². The van der Waals surface area contributed by atoms with E-state index in [1.54, 1.807) is 11.3 Å². The topological polar surface area (TPSA) is 63.1 Å². The lowest BCUT2D eigenvalue weighted by Crippen LogP contribution is -2.31. The Bertz CT molecular complexity index is 962. The third-order valence-electron chi connectivity index (χ3n) is 5.23. The number of hydrogen-bond acceptors (Lipinski definition) is 6. The third kappa shape index (κ3) is 4.87. The minimum absolute atomic E-state index is 0.00104. The molecule has 6 nitrogen and oxygen atoms in total. The van der Waals surface area contributed by atoms with E-state index in [0.717, 1.165) is 34.8 Å². The van der Waals surface area contributed by atoms with Gasteiger partial charge < -0.3 is 10.2 Å². The molecule has 0 saturated carbocycles. The van der Waals surface area contributed by atoms with Gasteiger partial charge in [-0.3, -0.25) is 9.36 Å². The van der Waals surface area contributed by atoms with Gasteiger partial charge in [0.05, 0.1) is 17.5 Å². The van der Waals surface area contributed by atoms with Crippen molar-refractivity contribution in [2.75, 3.05) is 23.7 Å². The van der Waals surface area contributed by atoms with Gasteiger partial charge in [0.25, 0.3) is 0 Å². The molecule has 1 aliphatic rings. The molecule has 3 heterocycles. The zero-order valence-electron chi connectivity index (χ0n) is 17.4. The number of nitrogens with zero attached hydrogens (tertiary/aromatic N) is 4. The van der Waals surface area contributed by atoms with E-state index in [2.05, 4.69) is 56.2 Å². The predicted octanol–water partition coefficient (Wildman–Crippen LogP) is 4.60. The van der Waals surface area contributed by atoms with Crippen molar-refractivity contribution >= 4 is 35.0 Å². The minimum Gasteiger partial charge on any atom is -0.348 e. The molecule has 1 fully saturated rings. The summed E-state index contributed by atoms with van der Waals surface area (Å²) in [4.78, 5) is 16.0. The van der Waals surface area contributed by atoms with Crippen molar-refractivity contribution in [2.45, 2.75) is 44.3 Å². The van der Waals surface area contributed by atoms with E-state index in [4.69, 9.17) is 0 Å². The van der Waals surface area contributed by atoms with Crippen molar-refractivity contribution in [2.24, 2.45) is 0 Å². The van der Waals surface area contributed by atoms with Crippen molar-refractivity contribution in [3.05, 3.63) is 52.2 Å². The van der Waals surface area contributed by atoms with Crippen molar-refractivity contribution < 1.29 is 4.79 Å². The molecule has 0 aliphatic carbocycles. The summed E-state index contributed by atoms with van der Waals surface area (Å²) in [6.07, 6.45) is 3.61. The van der Waals surface area contributed by atoms with Gasteiger partial charge in [0.15, 0.2) is 5.16 Å². The second-order valence-corrected chi connectivity index (χ2v) is 9.52. The Morgan fingerprint density at radius 1 is 1.17 bits per heavy atom. The molecule has 0 bridgehead atoms. The number of aromatic nitrogens is 3. The van der Waals surface area contributed by atoms with Crippen LogP contribution in [0.15, 0.2) is 46.9 Å². The highest BCUT2D eigenvalue weighted by Gasteiger charge is 2.22. The van der Waals surface area contributed by atoms with E-state index in [1.807, 2.05) is 24.4 Å². The van der Waals surface area contributed by atoms with Crippen LogP contribution in [-0.4, -0.2) is 39.5 Å². The molecule has 1 atom stereocenters. The van der Waals surface area contributed by atoms with Gasteiger partial charge in [0.1, 0.15) is 0 Å². The maximum Gasteiger partial charge on any atom is 0.232 e. The zero-order valence-corrected chi connectivity index (χ0v) is 19.0. The molecule has 1 unspecified atom stereocenters. The van der Waals surface area contributed by atoms with Gasteiger partial charge in [0.2, 0.25) is 11.9 Å². The summed E-state index contributed by atoms with van der Waals surface area (Å²) in [6.45, 7) is 6.08. The van der Waals surface area contributed by atoms with Crippen LogP contribution in [-0.2, 0) is 4.79 Å². The van der Waals surface area contributed by atoms with E-state index >= 15 is 0 Å². The highest BCUT2D eigenvalue weighted by molar-refractivity contribution is 7.99. The Morgan fingerprint density at radius 2 is 1.93 bits per heavy atom. The Labute approximate surface area is 185 Å². The van der Waals surface area contributed by atoms with Crippen molar-refractivity contribution in [1.82, 2.24) is 20.1 Å². The molecule has 1 amide bonds. The molecular weight excluding hydrogens is 414 g/mol. The molecule has 1 saturated heterocycles. The number of piperidine rings is 1. The normalized spacial score (nSPS) is 15.2. The largest absolute Gasteiger partial charge is 0.348 e. The van der Waals surface area contributed by atoms with Crippen LogP contribution in [0.2, 0.25) is 0 Å². The summed E-state index contributed by atoms with van der Waals surface area (Å²) in [6, 6.07) is 12.4. The molecule has 0 radical (unpaired) electrons. The number of aryl methyl sites for hydroxylation is 1. The monoisotopic (exact) mass is 441 g/mol. The fraction of sp³-hybridized carbons (Fsp3) is 0.409. The van der Waals surface area contributed by atoms with Crippen LogP contribution in [0.1, 0.15) is 42.7 Å². The first-order valence-electron chi connectivity index (χ1n) is 10.3. The fourth-order valence-electron chi connectivity index (χ4n) is 3.60. The number of benzene rings is 1. The van der Waals surface area contributed by atoms with Crippen molar-refractivity contribution in [3.63, 3.8) is 0 Å². The summed E-state index contributed by atoms with van der Waals surface area (Å²) >= 11 is 3.09. The number of thioether (sulfide) groups is 1. The average Bonchev–Trinajstić information content (AvgIpc) is 3.44. The van der Waals surface area contributed by atoms with Crippen LogP contribution in [0.25, 0.3) is 5.69 Å². The van der Waals surface area contributed by atoms with E-state index in [0.29, 0.717) is 5.75 Å². The second-order valence-electron chi connectivity index (χ2n) is 7.59. The molecular formula is C22H27N5OS2. The Morgan fingerprint density at radius 3 is 2.63 bits per heavy atom. The van der Waals surface area contributed by atoms with Gasteiger partial charge in [-0.05, 0) is 56.7 Å². The molecule has 2 aromatic heterocycles. The first-order valence-corrected chi connectivity index (χ1v) is 12.2. The standard InChI is InChI=1S/C22H27N5OS2/c1-16-8-10-18(11-9-16)27-21(26-12-4-3-5-13-26)24-25-22(27)30-15-20(28)23-17(2)19-7-6-14-29-19/h6-11,14,17H,3-5,12-13,15H2,1-2H3,(H,23,28). The molecule has 0 spiro atoms. The molecule has 30 heavy (non-hydrogen) atoms. The maximum atomic E-state index is 12.5. The van der Waals surface area contributed by atoms with E-state index in [-0.39, 0.29) is 11.9 Å². The van der Waals surface area contributed by atoms with E-state index in [1.165, 1.54) is 36.6 Å². The molecule has 4 rings (SSSR count). The lowest BCUT2D eigenvalue weighted by atomic mass is 10.1. The summed E-state index contributed by atoms with van der Waals surface area (Å²) in [7, 11) is 0. The van der Waals surface area contributed by atoms with Gasteiger partial charge in [-0.1, -0.05) is 35.5 Å². The average molecular weight is 442 g/mol. The highest BCUT2D eigenvalue weighted by Crippen LogP contribution is 2.28. The molecule has 158 valence electrons. The van der Waals surface area contributed by atoms with Gasteiger partial charge in [-0.25, -0.2) is 0 Å². The molecule has 1 aromatic carbocycles. The molecule has 1 N–H and O–H groups in total. The molecule has 8 heteroatoms. The van der Waals surface area contributed by atoms with Gasteiger partial charge >= 0.3 is 0 Å². The molecule has 3 aromatic rings. The van der Waals surface area contributed by atoms with E-state index < -0.39 is 0 Å². The smallest absolute Gasteiger partial charge is 0.232 e. The number of amides is 1. The number of carbonyl (C=O) groups excluding carboxylic acids is 1. The molecule has 1 aliphatic heterocycles. The Kier molecular flexibility index (Phi) is 6.74. The second kappa shape index (κ2) is 9.66. The van der Waals surface area contributed by atoms with Crippen molar-refractivity contribution in [1.29, 1.82) is 0 Å². The number of carbonyl (C=O) groups is 1.